The standard InChI is InChI=1S/C19H11ClN4O2/c20-16-7-14(6-5-12(16)8-21)23-18(25)11-24-10-13(9-22)19(26)15-3-1-2-4-17(15)24/h1-7,10H,11H2,(H,23,25). The van der Waals surface area contributed by atoms with Crippen LogP contribution in [0.5, 0.6) is 0 Å². The van der Waals surface area contributed by atoms with E-state index in [-0.39, 0.29) is 28.5 Å². The minimum Gasteiger partial charge on any atom is -0.336 e. The van der Waals surface area contributed by atoms with E-state index in [4.69, 9.17) is 22.1 Å². The first-order valence-corrected chi connectivity index (χ1v) is 7.93. The maximum atomic E-state index is 12.4. The Morgan fingerprint density at radius 2 is 1.85 bits per heavy atom. The van der Waals surface area contributed by atoms with Gasteiger partial charge in [0.2, 0.25) is 11.3 Å². The lowest BCUT2D eigenvalue weighted by atomic mass is 10.1. The number of pyridine rings is 1. The summed E-state index contributed by atoms with van der Waals surface area (Å²) >= 11 is 5.96. The summed E-state index contributed by atoms with van der Waals surface area (Å²) in [7, 11) is 0. The van der Waals surface area contributed by atoms with Gasteiger partial charge in [0.25, 0.3) is 0 Å². The average Bonchev–Trinajstić information content (AvgIpc) is 2.64. The largest absolute Gasteiger partial charge is 0.336 e. The van der Waals surface area contributed by atoms with Crippen LogP contribution in [0.2, 0.25) is 5.02 Å². The summed E-state index contributed by atoms with van der Waals surface area (Å²) < 4.78 is 1.55. The highest BCUT2D eigenvalue weighted by atomic mass is 35.5. The SMILES string of the molecule is N#Cc1ccc(NC(=O)Cn2cc(C#N)c(=O)c3ccccc32)cc1Cl. The van der Waals surface area contributed by atoms with E-state index < -0.39 is 0 Å². The van der Waals surface area contributed by atoms with Crippen LogP contribution in [0.25, 0.3) is 10.9 Å². The van der Waals surface area contributed by atoms with Crippen molar-refractivity contribution >= 4 is 34.1 Å². The molecule has 0 radical (unpaired) electrons. The zero-order chi connectivity index (χ0) is 18.7. The van der Waals surface area contributed by atoms with E-state index in [1.807, 2.05) is 12.1 Å². The quantitative estimate of drug-likeness (QED) is 0.774. The molecule has 1 aromatic heterocycles. The van der Waals surface area contributed by atoms with E-state index in [9.17, 15) is 9.59 Å². The molecule has 0 spiro atoms. The number of para-hydroxylation sites is 1. The maximum Gasteiger partial charge on any atom is 0.244 e. The minimum atomic E-state index is -0.362. The fourth-order valence-corrected chi connectivity index (χ4v) is 2.82. The highest BCUT2D eigenvalue weighted by Crippen LogP contribution is 2.20. The summed E-state index contributed by atoms with van der Waals surface area (Å²) in [5.41, 5.74) is 0.931. The van der Waals surface area contributed by atoms with Crippen LogP contribution < -0.4 is 10.7 Å². The Kier molecular flexibility index (Phi) is 4.70. The van der Waals surface area contributed by atoms with Crippen molar-refractivity contribution < 1.29 is 4.79 Å². The maximum absolute atomic E-state index is 12.4. The number of benzene rings is 2. The van der Waals surface area contributed by atoms with E-state index in [2.05, 4.69) is 5.32 Å². The molecule has 0 aliphatic carbocycles. The molecule has 1 amide bonds. The number of nitriles is 2. The van der Waals surface area contributed by atoms with Crippen molar-refractivity contribution in [3.63, 3.8) is 0 Å². The molecular formula is C19H11ClN4O2. The molecule has 0 aliphatic heterocycles. The second kappa shape index (κ2) is 7.10. The average molecular weight is 363 g/mol. The van der Waals surface area contributed by atoms with Crippen LogP contribution >= 0.6 is 11.6 Å². The Balaban J connectivity index is 1.92. The molecule has 3 aromatic rings. The first-order chi connectivity index (χ1) is 12.5. The number of hydrogen-bond donors (Lipinski definition) is 1. The Morgan fingerprint density at radius 3 is 2.54 bits per heavy atom. The number of rotatable bonds is 3. The van der Waals surface area contributed by atoms with Gasteiger partial charge in [0.05, 0.1) is 16.1 Å². The van der Waals surface area contributed by atoms with Gasteiger partial charge in [-0.25, -0.2) is 0 Å². The Bertz CT molecular complexity index is 1170. The van der Waals surface area contributed by atoms with Crippen LogP contribution in [0.15, 0.2) is 53.5 Å². The molecule has 1 heterocycles. The normalized spacial score (nSPS) is 10.1. The van der Waals surface area contributed by atoms with Gasteiger partial charge < -0.3 is 9.88 Å². The van der Waals surface area contributed by atoms with Crippen LogP contribution in [0, 0.1) is 22.7 Å². The fourth-order valence-electron chi connectivity index (χ4n) is 2.59. The summed E-state index contributed by atoms with van der Waals surface area (Å²) in [6.07, 6.45) is 1.37. The third-order valence-corrected chi connectivity index (χ3v) is 4.11. The Labute approximate surface area is 153 Å². The molecule has 1 N–H and O–H groups in total. The van der Waals surface area contributed by atoms with Crippen LogP contribution in [-0.2, 0) is 11.3 Å². The topological polar surface area (TPSA) is 98.7 Å². The van der Waals surface area contributed by atoms with Crippen LogP contribution in [0.1, 0.15) is 11.1 Å². The van der Waals surface area contributed by atoms with Crippen LogP contribution in [0.4, 0.5) is 5.69 Å². The molecule has 0 atom stereocenters. The lowest BCUT2D eigenvalue weighted by molar-refractivity contribution is -0.116. The Morgan fingerprint density at radius 1 is 1.12 bits per heavy atom. The third kappa shape index (κ3) is 3.27. The van der Waals surface area contributed by atoms with Gasteiger partial charge in [-0.3, -0.25) is 9.59 Å². The fraction of sp³-hybridized carbons (Fsp3) is 0.0526. The molecule has 0 fully saturated rings. The van der Waals surface area contributed by atoms with Crippen molar-refractivity contribution in [1.82, 2.24) is 4.57 Å². The Hall–Kier alpha value is -3.61. The van der Waals surface area contributed by atoms with Crippen molar-refractivity contribution in [3.8, 4) is 12.1 Å². The number of carbonyl (C=O) groups is 1. The summed E-state index contributed by atoms with van der Waals surface area (Å²) in [6, 6.07) is 15.2. The third-order valence-electron chi connectivity index (χ3n) is 3.80. The summed E-state index contributed by atoms with van der Waals surface area (Å²) in [4.78, 5) is 24.6. The lowest BCUT2D eigenvalue weighted by Crippen LogP contribution is -2.21. The van der Waals surface area contributed by atoms with Crippen molar-refractivity contribution in [1.29, 1.82) is 10.5 Å². The van der Waals surface area contributed by atoms with Crippen LogP contribution in [-0.4, -0.2) is 10.5 Å². The molecule has 3 rings (SSSR count). The van der Waals surface area contributed by atoms with E-state index in [1.165, 1.54) is 18.3 Å². The van der Waals surface area contributed by atoms with E-state index in [0.29, 0.717) is 22.2 Å². The molecule has 2 aromatic carbocycles. The number of halogens is 1. The number of carbonyl (C=O) groups excluding carboxylic acids is 1. The number of amides is 1. The number of aromatic nitrogens is 1. The molecule has 0 unspecified atom stereocenters. The van der Waals surface area contributed by atoms with Crippen molar-refractivity contribution in [2.45, 2.75) is 6.54 Å². The van der Waals surface area contributed by atoms with Gasteiger partial charge in [-0.05, 0) is 30.3 Å². The lowest BCUT2D eigenvalue weighted by Gasteiger charge is -2.12. The summed E-state index contributed by atoms with van der Waals surface area (Å²) in [5.74, 6) is -0.358. The van der Waals surface area contributed by atoms with Crippen LogP contribution in [0.3, 0.4) is 0 Å². The second-order valence-corrected chi connectivity index (χ2v) is 5.89. The molecule has 0 bridgehead atoms. The number of anilines is 1. The molecule has 7 heteroatoms. The van der Waals surface area contributed by atoms with Gasteiger partial charge in [0.1, 0.15) is 24.2 Å². The predicted molar refractivity (Wildman–Crippen MR) is 97.7 cm³/mol. The van der Waals surface area contributed by atoms with E-state index in [1.54, 1.807) is 34.9 Å². The molecule has 0 aliphatic rings. The van der Waals surface area contributed by atoms with Crippen molar-refractivity contribution in [3.05, 3.63) is 75.0 Å². The highest BCUT2D eigenvalue weighted by Gasteiger charge is 2.11. The predicted octanol–water partition coefficient (Wildman–Crippen LogP) is 3.04. The second-order valence-electron chi connectivity index (χ2n) is 5.48. The zero-order valence-electron chi connectivity index (χ0n) is 13.4. The molecular weight excluding hydrogens is 352 g/mol. The van der Waals surface area contributed by atoms with Crippen molar-refractivity contribution in [2.24, 2.45) is 0 Å². The van der Waals surface area contributed by atoms with Gasteiger partial charge in [-0.15, -0.1) is 0 Å². The first kappa shape index (κ1) is 17.2. The molecule has 26 heavy (non-hydrogen) atoms. The number of fused-ring (bicyclic) bond motifs is 1. The number of nitrogens with one attached hydrogen (secondary N) is 1. The molecule has 126 valence electrons. The zero-order valence-corrected chi connectivity index (χ0v) is 14.1. The van der Waals surface area contributed by atoms with Gasteiger partial charge in [-0.1, -0.05) is 23.7 Å². The summed E-state index contributed by atoms with van der Waals surface area (Å²) in [5, 5.41) is 21.3. The molecule has 6 nitrogen and oxygen atoms in total. The van der Waals surface area contributed by atoms with Gasteiger partial charge >= 0.3 is 0 Å². The van der Waals surface area contributed by atoms with Gasteiger partial charge in [-0.2, -0.15) is 10.5 Å². The van der Waals surface area contributed by atoms with Crippen molar-refractivity contribution in [2.75, 3.05) is 5.32 Å². The smallest absolute Gasteiger partial charge is 0.244 e. The number of nitrogens with zero attached hydrogens (tertiary/aromatic N) is 3. The van der Waals surface area contributed by atoms with Gasteiger partial charge in [0.15, 0.2) is 0 Å². The molecule has 0 saturated heterocycles. The monoisotopic (exact) mass is 362 g/mol. The number of hydrogen-bond acceptors (Lipinski definition) is 4. The van der Waals surface area contributed by atoms with E-state index >= 15 is 0 Å². The first-order valence-electron chi connectivity index (χ1n) is 7.55. The minimum absolute atomic E-state index is 0.0297. The molecule has 0 saturated carbocycles. The highest BCUT2D eigenvalue weighted by molar-refractivity contribution is 6.32. The van der Waals surface area contributed by atoms with E-state index in [0.717, 1.165) is 0 Å². The van der Waals surface area contributed by atoms with Gasteiger partial charge in [0, 0.05) is 17.3 Å². The summed E-state index contributed by atoms with van der Waals surface area (Å²) in [6.45, 7) is -0.0902.